The van der Waals surface area contributed by atoms with Crippen molar-refractivity contribution in [1.82, 2.24) is 0 Å². The van der Waals surface area contributed by atoms with E-state index in [1.54, 1.807) is 24.3 Å². The van der Waals surface area contributed by atoms with E-state index < -0.39 is 5.91 Å². The molecule has 2 N–H and O–H groups in total. The lowest BCUT2D eigenvalue weighted by Gasteiger charge is -2.13. The van der Waals surface area contributed by atoms with E-state index in [0.29, 0.717) is 10.7 Å². The van der Waals surface area contributed by atoms with Crippen molar-refractivity contribution in [3.63, 3.8) is 0 Å². The van der Waals surface area contributed by atoms with Crippen molar-refractivity contribution in [2.45, 2.75) is 26.7 Å². The van der Waals surface area contributed by atoms with Crippen molar-refractivity contribution in [3.05, 3.63) is 70.4 Å². The second kappa shape index (κ2) is 8.91. The van der Waals surface area contributed by atoms with Gasteiger partial charge >= 0.3 is 0 Å². The van der Waals surface area contributed by atoms with Gasteiger partial charge < -0.3 is 10.6 Å². The van der Waals surface area contributed by atoms with Crippen molar-refractivity contribution in [2.24, 2.45) is 0 Å². The van der Waals surface area contributed by atoms with Crippen molar-refractivity contribution < 1.29 is 4.79 Å². The molecule has 0 unspecified atom stereocenters. The van der Waals surface area contributed by atoms with E-state index in [-0.39, 0.29) is 5.57 Å². The number of para-hydroxylation sites is 1. The Morgan fingerprint density at radius 1 is 1.12 bits per heavy atom. The summed E-state index contributed by atoms with van der Waals surface area (Å²) in [5.41, 5.74) is 3.83. The van der Waals surface area contributed by atoms with Gasteiger partial charge in [-0.15, -0.1) is 0 Å². The van der Waals surface area contributed by atoms with Gasteiger partial charge in [-0.05, 0) is 48.2 Å². The molecule has 2 aromatic rings. The molecule has 128 valence electrons. The highest BCUT2D eigenvalue weighted by molar-refractivity contribution is 6.30. The van der Waals surface area contributed by atoms with Gasteiger partial charge in [0.05, 0.1) is 0 Å². The number of carbonyl (C=O) groups excluding carboxylic acids is 1. The number of nitrogens with one attached hydrogen (secondary N) is 2. The van der Waals surface area contributed by atoms with Gasteiger partial charge in [-0.25, -0.2) is 0 Å². The SMILES string of the molecule is CCc1cccc(CC)c1N/C=C(/C#N)C(=O)Nc1ccc(Cl)cc1. The average Bonchev–Trinajstić information content (AvgIpc) is 2.64. The Morgan fingerprint density at radius 2 is 1.72 bits per heavy atom. The summed E-state index contributed by atoms with van der Waals surface area (Å²) in [5.74, 6) is -0.468. The summed E-state index contributed by atoms with van der Waals surface area (Å²) in [4.78, 5) is 12.3. The Hall–Kier alpha value is -2.77. The molecule has 0 aliphatic carbocycles. The molecule has 0 atom stereocenters. The van der Waals surface area contributed by atoms with Crippen LogP contribution in [0.3, 0.4) is 0 Å². The Balaban J connectivity index is 2.19. The van der Waals surface area contributed by atoms with Crippen molar-refractivity contribution >= 4 is 28.9 Å². The highest BCUT2D eigenvalue weighted by Gasteiger charge is 2.11. The number of amides is 1. The Kier molecular flexibility index (Phi) is 6.62. The minimum absolute atomic E-state index is 0.00269. The van der Waals surface area contributed by atoms with E-state index in [1.165, 1.54) is 6.20 Å². The van der Waals surface area contributed by atoms with Gasteiger partial charge in [-0.3, -0.25) is 4.79 Å². The fourth-order valence-electron chi connectivity index (χ4n) is 2.45. The third kappa shape index (κ3) is 4.85. The molecule has 0 bridgehead atoms. The van der Waals surface area contributed by atoms with Crippen LogP contribution in [-0.4, -0.2) is 5.91 Å². The van der Waals surface area contributed by atoms with Gasteiger partial charge in [0.2, 0.25) is 0 Å². The summed E-state index contributed by atoms with van der Waals surface area (Å²) >= 11 is 5.83. The summed E-state index contributed by atoms with van der Waals surface area (Å²) in [7, 11) is 0. The number of rotatable bonds is 6. The molecule has 0 heterocycles. The first-order valence-electron chi connectivity index (χ1n) is 8.13. The highest BCUT2D eigenvalue weighted by atomic mass is 35.5. The number of nitriles is 1. The third-order valence-corrected chi connectivity index (χ3v) is 4.08. The second-order valence-corrected chi connectivity index (χ2v) is 5.87. The lowest BCUT2D eigenvalue weighted by molar-refractivity contribution is -0.112. The molecule has 0 fully saturated rings. The van der Waals surface area contributed by atoms with Crippen molar-refractivity contribution in [2.75, 3.05) is 10.6 Å². The molecule has 0 aliphatic heterocycles. The topological polar surface area (TPSA) is 64.9 Å². The predicted molar refractivity (Wildman–Crippen MR) is 103 cm³/mol. The van der Waals surface area contributed by atoms with Crippen LogP contribution in [-0.2, 0) is 17.6 Å². The van der Waals surface area contributed by atoms with Gasteiger partial charge in [0.25, 0.3) is 5.91 Å². The molecule has 4 nitrogen and oxygen atoms in total. The van der Waals surface area contributed by atoms with Crippen LogP contribution in [0.4, 0.5) is 11.4 Å². The monoisotopic (exact) mass is 353 g/mol. The van der Waals surface area contributed by atoms with Crippen LogP contribution in [0.25, 0.3) is 0 Å². The lowest BCUT2D eigenvalue weighted by atomic mass is 10.0. The van der Waals surface area contributed by atoms with Crippen molar-refractivity contribution in [3.8, 4) is 6.07 Å². The standard InChI is InChI=1S/C20H20ClN3O/c1-3-14-6-5-7-15(4-2)19(14)23-13-16(12-22)20(25)24-18-10-8-17(21)9-11-18/h5-11,13,23H,3-4H2,1-2H3,(H,24,25)/b16-13-. The van der Waals surface area contributed by atoms with E-state index in [2.05, 4.69) is 24.5 Å². The molecule has 0 spiro atoms. The number of halogens is 1. The van der Waals surface area contributed by atoms with E-state index in [0.717, 1.165) is 29.7 Å². The van der Waals surface area contributed by atoms with Gasteiger partial charge in [0.1, 0.15) is 11.6 Å². The molecule has 0 saturated heterocycles. The Morgan fingerprint density at radius 3 is 2.24 bits per heavy atom. The molecule has 2 rings (SSSR count). The maximum absolute atomic E-state index is 12.3. The summed E-state index contributed by atoms with van der Waals surface area (Å²) in [6.45, 7) is 4.14. The fourth-order valence-corrected chi connectivity index (χ4v) is 2.58. The molecule has 0 aliphatic rings. The number of aryl methyl sites for hydroxylation is 2. The first-order chi connectivity index (χ1) is 12.1. The number of carbonyl (C=O) groups is 1. The first-order valence-corrected chi connectivity index (χ1v) is 8.51. The van der Waals surface area contributed by atoms with E-state index in [9.17, 15) is 10.1 Å². The lowest BCUT2D eigenvalue weighted by Crippen LogP contribution is -2.14. The summed E-state index contributed by atoms with van der Waals surface area (Å²) < 4.78 is 0. The van der Waals surface area contributed by atoms with E-state index >= 15 is 0 Å². The largest absolute Gasteiger partial charge is 0.360 e. The third-order valence-electron chi connectivity index (χ3n) is 3.83. The average molecular weight is 354 g/mol. The van der Waals surface area contributed by atoms with Crippen LogP contribution in [0, 0.1) is 11.3 Å². The molecular weight excluding hydrogens is 334 g/mol. The summed E-state index contributed by atoms with van der Waals surface area (Å²) in [5, 5.41) is 15.7. The Bertz CT molecular complexity index is 798. The summed E-state index contributed by atoms with van der Waals surface area (Å²) in [6, 6.07) is 14.8. The normalized spacial score (nSPS) is 10.9. The van der Waals surface area contributed by atoms with Crippen LogP contribution < -0.4 is 10.6 Å². The highest BCUT2D eigenvalue weighted by Crippen LogP contribution is 2.23. The number of hydrogen-bond acceptors (Lipinski definition) is 3. The minimum atomic E-state index is -0.468. The maximum Gasteiger partial charge on any atom is 0.267 e. The van der Waals surface area contributed by atoms with Gasteiger partial charge in [-0.2, -0.15) is 5.26 Å². The van der Waals surface area contributed by atoms with Crippen LogP contribution in [0.15, 0.2) is 54.2 Å². The zero-order valence-electron chi connectivity index (χ0n) is 14.3. The van der Waals surface area contributed by atoms with Gasteiger partial charge in [0.15, 0.2) is 0 Å². The quantitative estimate of drug-likeness (QED) is 0.572. The molecule has 25 heavy (non-hydrogen) atoms. The number of hydrogen-bond donors (Lipinski definition) is 2. The molecular formula is C20H20ClN3O. The van der Waals surface area contributed by atoms with Crippen LogP contribution in [0.2, 0.25) is 5.02 Å². The van der Waals surface area contributed by atoms with Gasteiger partial charge in [-0.1, -0.05) is 43.6 Å². The molecule has 1 amide bonds. The van der Waals surface area contributed by atoms with Crippen LogP contribution in [0.5, 0.6) is 0 Å². The number of benzene rings is 2. The van der Waals surface area contributed by atoms with Crippen molar-refractivity contribution in [1.29, 1.82) is 5.26 Å². The number of anilines is 2. The number of nitrogens with zero attached hydrogens (tertiary/aromatic N) is 1. The molecule has 0 saturated carbocycles. The molecule has 0 radical (unpaired) electrons. The Labute approximate surface area is 153 Å². The zero-order valence-corrected chi connectivity index (χ0v) is 15.0. The first kappa shape index (κ1) is 18.6. The fraction of sp³-hybridized carbons (Fsp3) is 0.200. The minimum Gasteiger partial charge on any atom is -0.360 e. The van der Waals surface area contributed by atoms with Crippen LogP contribution >= 0.6 is 11.6 Å². The molecule has 2 aromatic carbocycles. The predicted octanol–water partition coefficient (Wildman–Crippen LogP) is 4.92. The second-order valence-electron chi connectivity index (χ2n) is 5.43. The zero-order chi connectivity index (χ0) is 18.2. The van der Waals surface area contributed by atoms with E-state index in [1.807, 2.05) is 24.3 Å². The summed E-state index contributed by atoms with van der Waals surface area (Å²) in [6.07, 6.45) is 3.19. The smallest absolute Gasteiger partial charge is 0.267 e. The van der Waals surface area contributed by atoms with Gasteiger partial charge in [0, 0.05) is 22.6 Å². The molecule has 5 heteroatoms. The van der Waals surface area contributed by atoms with E-state index in [4.69, 9.17) is 11.6 Å². The molecule has 0 aromatic heterocycles. The van der Waals surface area contributed by atoms with Crippen LogP contribution in [0.1, 0.15) is 25.0 Å². The maximum atomic E-state index is 12.3.